The minimum Gasteiger partial charge on any atom is -0.368 e. The molecule has 1 aromatic heterocycles. The Bertz CT molecular complexity index is 948. The van der Waals surface area contributed by atoms with E-state index in [-0.39, 0.29) is 24.3 Å². The van der Waals surface area contributed by atoms with E-state index in [9.17, 15) is 22.8 Å². The Kier molecular flexibility index (Phi) is 6.23. The van der Waals surface area contributed by atoms with Gasteiger partial charge < -0.3 is 16.0 Å². The Morgan fingerprint density at radius 2 is 2.07 bits per heavy atom. The monoisotopic (exact) mass is 421 g/mol. The van der Waals surface area contributed by atoms with Crippen LogP contribution in [0.15, 0.2) is 30.5 Å². The van der Waals surface area contributed by atoms with Crippen LogP contribution in [0.25, 0.3) is 11.1 Å². The van der Waals surface area contributed by atoms with Gasteiger partial charge in [0.1, 0.15) is 0 Å². The molecule has 1 aromatic carbocycles. The summed E-state index contributed by atoms with van der Waals surface area (Å²) in [6, 6.07) is 4.41. The van der Waals surface area contributed by atoms with Crippen LogP contribution in [0, 0.1) is 0 Å². The Hall–Kier alpha value is -3.17. The third kappa shape index (κ3) is 4.87. The van der Waals surface area contributed by atoms with Crippen LogP contribution in [-0.2, 0) is 15.8 Å². The van der Waals surface area contributed by atoms with Crippen molar-refractivity contribution in [3.8, 4) is 11.1 Å². The van der Waals surface area contributed by atoms with Crippen molar-refractivity contribution in [3.05, 3.63) is 41.7 Å². The summed E-state index contributed by atoms with van der Waals surface area (Å²) in [6.07, 6.45) is -0.926. The van der Waals surface area contributed by atoms with Gasteiger partial charge in [-0.15, -0.1) is 0 Å². The van der Waals surface area contributed by atoms with E-state index in [1.165, 1.54) is 19.2 Å². The van der Waals surface area contributed by atoms with Crippen molar-refractivity contribution in [1.29, 1.82) is 0 Å². The standard InChI is InChI=1S/C20H22F3N5O2/c1-12(29)25-11-17(30)28-8-3-2-7-16(28)18-15(10-26-19(24)27-18)13-5-4-6-14(9-13)20(21,22)23/h4-6,9-10,16H,2-3,7-8,11H2,1H3,(H,25,29)(H2,24,26,27). The van der Waals surface area contributed by atoms with Crippen LogP contribution in [0.5, 0.6) is 0 Å². The van der Waals surface area contributed by atoms with Crippen molar-refractivity contribution in [1.82, 2.24) is 20.2 Å². The summed E-state index contributed by atoms with van der Waals surface area (Å²) in [5.41, 5.74) is 6.06. The van der Waals surface area contributed by atoms with Crippen LogP contribution in [0.3, 0.4) is 0 Å². The first-order chi connectivity index (χ1) is 14.2. The van der Waals surface area contributed by atoms with Gasteiger partial charge in [0.25, 0.3) is 0 Å². The fourth-order valence-corrected chi connectivity index (χ4v) is 3.56. The Labute approximate surface area is 171 Å². The van der Waals surface area contributed by atoms with E-state index in [4.69, 9.17) is 5.73 Å². The lowest BCUT2D eigenvalue weighted by atomic mass is 9.93. The van der Waals surface area contributed by atoms with E-state index in [0.717, 1.165) is 25.0 Å². The summed E-state index contributed by atoms with van der Waals surface area (Å²) in [6.45, 7) is 1.61. The second-order valence-corrected chi connectivity index (χ2v) is 7.11. The van der Waals surface area contributed by atoms with Crippen LogP contribution in [0.2, 0.25) is 0 Å². The average molecular weight is 421 g/mol. The molecule has 30 heavy (non-hydrogen) atoms. The van der Waals surface area contributed by atoms with Crippen LogP contribution in [0.4, 0.5) is 19.1 Å². The second kappa shape index (κ2) is 8.68. The molecular formula is C20H22F3N5O2. The molecule has 0 saturated carbocycles. The summed E-state index contributed by atoms with van der Waals surface area (Å²) in [5.74, 6) is -0.643. The third-order valence-electron chi connectivity index (χ3n) is 4.97. The first-order valence-electron chi connectivity index (χ1n) is 9.50. The van der Waals surface area contributed by atoms with Gasteiger partial charge in [0.05, 0.1) is 23.8 Å². The number of nitrogen functional groups attached to an aromatic ring is 1. The van der Waals surface area contributed by atoms with E-state index in [0.29, 0.717) is 29.8 Å². The van der Waals surface area contributed by atoms with Gasteiger partial charge in [-0.3, -0.25) is 9.59 Å². The van der Waals surface area contributed by atoms with E-state index in [1.807, 2.05) is 0 Å². The normalized spacial score (nSPS) is 16.9. The topological polar surface area (TPSA) is 101 Å². The predicted octanol–water partition coefficient (Wildman–Crippen LogP) is 2.93. The molecule has 2 aromatic rings. The van der Waals surface area contributed by atoms with Crippen molar-refractivity contribution < 1.29 is 22.8 Å². The molecular weight excluding hydrogens is 399 g/mol. The lowest BCUT2D eigenvalue weighted by molar-refractivity contribution is -0.137. The maximum absolute atomic E-state index is 13.2. The summed E-state index contributed by atoms with van der Waals surface area (Å²) < 4.78 is 39.5. The molecule has 3 rings (SSSR count). The second-order valence-electron chi connectivity index (χ2n) is 7.11. The van der Waals surface area contributed by atoms with Gasteiger partial charge in [0.2, 0.25) is 17.8 Å². The Balaban J connectivity index is 2.02. The van der Waals surface area contributed by atoms with Crippen LogP contribution in [0.1, 0.15) is 43.5 Å². The smallest absolute Gasteiger partial charge is 0.368 e. The summed E-state index contributed by atoms with van der Waals surface area (Å²) >= 11 is 0. The van der Waals surface area contributed by atoms with Crippen molar-refractivity contribution >= 4 is 17.8 Å². The van der Waals surface area contributed by atoms with Crippen LogP contribution in [-0.4, -0.2) is 39.8 Å². The molecule has 1 aliphatic heterocycles. The van der Waals surface area contributed by atoms with Gasteiger partial charge in [-0.2, -0.15) is 13.2 Å². The van der Waals surface area contributed by atoms with Crippen molar-refractivity contribution in [3.63, 3.8) is 0 Å². The van der Waals surface area contributed by atoms with Gasteiger partial charge >= 0.3 is 6.18 Å². The number of alkyl halides is 3. The number of nitrogens with zero attached hydrogens (tertiary/aromatic N) is 3. The lowest BCUT2D eigenvalue weighted by Gasteiger charge is -2.36. The van der Waals surface area contributed by atoms with E-state index in [2.05, 4.69) is 15.3 Å². The highest BCUT2D eigenvalue weighted by atomic mass is 19.4. The summed E-state index contributed by atoms with van der Waals surface area (Å²) in [5, 5.41) is 2.48. The number of amides is 2. The number of carbonyl (C=O) groups excluding carboxylic acids is 2. The van der Waals surface area contributed by atoms with E-state index < -0.39 is 17.8 Å². The molecule has 3 N–H and O–H groups in total. The maximum Gasteiger partial charge on any atom is 0.416 e. The molecule has 7 nitrogen and oxygen atoms in total. The fraction of sp³-hybridized carbons (Fsp3) is 0.400. The minimum atomic E-state index is -4.49. The number of nitrogens with one attached hydrogen (secondary N) is 1. The number of aromatic nitrogens is 2. The Morgan fingerprint density at radius 3 is 2.77 bits per heavy atom. The molecule has 1 fully saturated rings. The number of likely N-dealkylation sites (tertiary alicyclic amines) is 1. The predicted molar refractivity (Wildman–Crippen MR) is 104 cm³/mol. The molecule has 1 saturated heterocycles. The van der Waals surface area contributed by atoms with Gasteiger partial charge in [-0.1, -0.05) is 12.1 Å². The quantitative estimate of drug-likeness (QED) is 0.791. The maximum atomic E-state index is 13.2. The number of piperidine rings is 1. The molecule has 10 heteroatoms. The molecule has 0 bridgehead atoms. The highest BCUT2D eigenvalue weighted by Crippen LogP contribution is 2.38. The molecule has 0 aliphatic carbocycles. The number of rotatable bonds is 4. The zero-order chi connectivity index (χ0) is 21.9. The summed E-state index contributed by atoms with van der Waals surface area (Å²) in [7, 11) is 0. The zero-order valence-electron chi connectivity index (χ0n) is 16.4. The molecule has 160 valence electrons. The number of hydrogen-bond acceptors (Lipinski definition) is 5. The molecule has 2 heterocycles. The average Bonchev–Trinajstić information content (AvgIpc) is 2.71. The zero-order valence-corrected chi connectivity index (χ0v) is 16.4. The largest absolute Gasteiger partial charge is 0.416 e. The van der Waals surface area contributed by atoms with Crippen molar-refractivity contribution in [2.75, 3.05) is 18.8 Å². The summed E-state index contributed by atoms with van der Waals surface area (Å²) in [4.78, 5) is 33.7. The highest BCUT2D eigenvalue weighted by molar-refractivity contribution is 5.84. The van der Waals surface area contributed by atoms with Gasteiger partial charge in [-0.05, 0) is 37.0 Å². The first kappa shape index (κ1) is 21.5. The molecule has 1 aliphatic rings. The van der Waals surface area contributed by atoms with E-state index in [1.54, 1.807) is 11.0 Å². The molecule has 2 amide bonds. The molecule has 1 atom stereocenters. The fourth-order valence-electron chi connectivity index (χ4n) is 3.56. The number of benzene rings is 1. The number of anilines is 1. The van der Waals surface area contributed by atoms with Crippen molar-refractivity contribution in [2.45, 2.75) is 38.4 Å². The first-order valence-corrected chi connectivity index (χ1v) is 9.50. The van der Waals surface area contributed by atoms with Gasteiger partial charge in [0, 0.05) is 25.2 Å². The number of carbonyl (C=O) groups is 2. The number of halogens is 3. The van der Waals surface area contributed by atoms with Gasteiger partial charge in [-0.25, -0.2) is 9.97 Å². The third-order valence-corrected chi connectivity index (χ3v) is 4.97. The number of hydrogen-bond donors (Lipinski definition) is 2. The molecule has 0 radical (unpaired) electrons. The van der Waals surface area contributed by atoms with Gasteiger partial charge in [0.15, 0.2) is 0 Å². The molecule has 1 unspecified atom stereocenters. The SMILES string of the molecule is CC(=O)NCC(=O)N1CCCCC1c1nc(N)ncc1-c1cccc(C(F)(F)F)c1. The minimum absolute atomic E-state index is 0.0273. The highest BCUT2D eigenvalue weighted by Gasteiger charge is 2.33. The van der Waals surface area contributed by atoms with Crippen molar-refractivity contribution in [2.24, 2.45) is 0 Å². The Morgan fingerprint density at radius 1 is 1.30 bits per heavy atom. The molecule has 0 spiro atoms. The van der Waals surface area contributed by atoms with Crippen LogP contribution >= 0.6 is 0 Å². The number of nitrogens with two attached hydrogens (primary N) is 1. The lowest BCUT2D eigenvalue weighted by Crippen LogP contribution is -2.44. The van der Waals surface area contributed by atoms with Crippen LogP contribution < -0.4 is 11.1 Å². The van der Waals surface area contributed by atoms with E-state index >= 15 is 0 Å².